The first-order chi connectivity index (χ1) is 15.1. The largest absolute Gasteiger partial charge is 0.392 e. The Morgan fingerprint density at radius 2 is 1.77 bits per heavy atom. The van der Waals surface area contributed by atoms with Crippen LogP contribution in [0.4, 0.5) is 5.82 Å². The van der Waals surface area contributed by atoms with Crippen LogP contribution < -0.4 is 4.90 Å². The van der Waals surface area contributed by atoms with Crippen LogP contribution in [0.25, 0.3) is 0 Å². The summed E-state index contributed by atoms with van der Waals surface area (Å²) < 4.78 is 0. The lowest BCUT2D eigenvalue weighted by atomic mass is 9.72. The maximum absolute atomic E-state index is 13.2. The van der Waals surface area contributed by atoms with Crippen LogP contribution in [0.3, 0.4) is 0 Å². The number of amides is 2. The van der Waals surface area contributed by atoms with Gasteiger partial charge in [-0.1, -0.05) is 5.16 Å². The van der Waals surface area contributed by atoms with Gasteiger partial charge in [0.1, 0.15) is 11.9 Å². The first-order valence-corrected chi connectivity index (χ1v) is 11.4. The van der Waals surface area contributed by atoms with Crippen molar-refractivity contribution in [1.82, 2.24) is 19.8 Å². The molecular weight excluding hydrogens is 396 g/mol. The molecule has 2 bridgehead atoms. The van der Waals surface area contributed by atoms with Crippen molar-refractivity contribution in [3.63, 3.8) is 0 Å². The maximum Gasteiger partial charge on any atom is 0.233 e. The van der Waals surface area contributed by atoms with Crippen molar-refractivity contribution in [1.29, 1.82) is 0 Å². The Bertz CT molecular complexity index is 915. The van der Waals surface area contributed by atoms with Crippen molar-refractivity contribution in [3.8, 4) is 0 Å². The smallest absolute Gasteiger partial charge is 0.233 e. The molecule has 6 unspecified atom stereocenters. The molecule has 1 aromatic heterocycles. The molecule has 6 rings (SSSR count). The number of oxime groups is 1. The highest BCUT2D eigenvalue weighted by molar-refractivity contribution is 6.06. The molecule has 31 heavy (non-hydrogen) atoms. The molecule has 2 aliphatic carbocycles. The van der Waals surface area contributed by atoms with Gasteiger partial charge in [0.25, 0.3) is 0 Å². The van der Waals surface area contributed by atoms with E-state index in [0.29, 0.717) is 6.54 Å². The van der Waals surface area contributed by atoms with Gasteiger partial charge in [-0.2, -0.15) is 0 Å². The Morgan fingerprint density at radius 3 is 2.52 bits per heavy atom. The molecule has 2 saturated heterocycles. The number of rotatable bonds is 5. The second kappa shape index (κ2) is 7.25. The van der Waals surface area contributed by atoms with Gasteiger partial charge in [-0.15, -0.1) is 0 Å². The lowest BCUT2D eigenvalue weighted by Crippen LogP contribution is -2.47. The number of fused-ring (bicyclic) bond motifs is 8. The molecule has 0 spiro atoms. The second-order valence-electron chi connectivity index (χ2n) is 9.52. The highest BCUT2D eigenvalue weighted by atomic mass is 16.6. The number of hydrogen-bond donors (Lipinski definition) is 0. The first kappa shape index (κ1) is 19.2. The van der Waals surface area contributed by atoms with Crippen LogP contribution in [0, 0.1) is 29.6 Å². The fourth-order valence-corrected chi connectivity index (χ4v) is 6.72. The van der Waals surface area contributed by atoms with Crippen molar-refractivity contribution in [2.24, 2.45) is 34.7 Å². The van der Waals surface area contributed by atoms with E-state index >= 15 is 0 Å². The summed E-state index contributed by atoms with van der Waals surface area (Å²) in [6, 6.07) is 0. The SMILES string of the molecule is CC1=NOC2C3CC(C12)C1C(=O)N(CCCN2CCN(c4cnccn4)CC2)C(=O)C31. The molecule has 0 N–H and O–H groups in total. The molecule has 2 saturated carbocycles. The fourth-order valence-electron chi connectivity index (χ4n) is 6.72. The zero-order valence-electron chi connectivity index (χ0n) is 17.8. The topological polar surface area (TPSA) is 91.2 Å². The molecule has 9 heteroatoms. The number of carbonyl (C=O) groups is 2. The number of anilines is 1. The van der Waals surface area contributed by atoms with Crippen LogP contribution in [0.2, 0.25) is 0 Å². The summed E-state index contributed by atoms with van der Waals surface area (Å²) in [5, 5.41) is 4.15. The van der Waals surface area contributed by atoms with E-state index in [9.17, 15) is 9.59 Å². The molecule has 2 amide bonds. The molecule has 1 aromatic rings. The summed E-state index contributed by atoms with van der Waals surface area (Å²) in [7, 11) is 0. The minimum Gasteiger partial charge on any atom is -0.392 e. The number of aromatic nitrogens is 2. The number of likely N-dealkylation sites (tertiary alicyclic amines) is 1. The van der Waals surface area contributed by atoms with Gasteiger partial charge < -0.3 is 9.74 Å². The van der Waals surface area contributed by atoms with Crippen molar-refractivity contribution in [2.75, 3.05) is 44.2 Å². The third-order valence-electron chi connectivity index (χ3n) is 8.10. The summed E-state index contributed by atoms with van der Waals surface area (Å²) in [5.74, 6) is 1.27. The number of carbonyl (C=O) groups excluding carboxylic acids is 2. The van der Waals surface area contributed by atoms with Gasteiger partial charge in [0.2, 0.25) is 11.8 Å². The normalized spacial score (nSPS) is 36.6. The minimum absolute atomic E-state index is 0.00792. The van der Waals surface area contributed by atoms with E-state index in [0.717, 1.165) is 57.1 Å². The quantitative estimate of drug-likeness (QED) is 0.641. The minimum atomic E-state index is -0.185. The Balaban J connectivity index is 1.03. The third-order valence-corrected chi connectivity index (χ3v) is 8.10. The highest BCUT2D eigenvalue weighted by Crippen LogP contribution is 2.61. The highest BCUT2D eigenvalue weighted by Gasteiger charge is 2.69. The lowest BCUT2D eigenvalue weighted by Gasteiger charge is -2.35. The van der Waals surface area contributed by atoms with Gasteiger partial charge >= 0.3 is 0 Å². The fraction of sp³-hybridized carbons (Fsp3) is 0.682. The van der Waals surface area contributed by atoms with Crippen molar-refractivity contribution >= 4 is 23.3 Å². The lowest BCUT2D eigenvalue weighted by molar-refractivity contribution is -0.141. The number of nitrogens with zero attached hydrogens (tertiary/aromatic N) is 6. The molecule has 3 aliphatic heterocycles. The molecule has 9 nitrogen and oxygen atoms in total. The van der Waals surface area contributed by atoms with Crippen LogP contribution in [0.5, 0.6) is 0 Å². The first-order valence-electron chi connectivity index (χ1n) is 11.4. The molecule has 4 heterocycles. The van der Waals surface area contributed by atoms with Crippen LogP contribution in [0.15, 0.2) is 23.7 Å². The number of piperazine rings is 1. The van der Waals surface area contributed by atoms with E-state index in [2.05, 4.69) is 24.9 Å². The van der Waals surface area contributed by atoms with Gasteiger partial charge in [0.05, 0.1) is 23.7 Å². The molecule has 5 aliphatic rings. The Hall–Kier alpha value is -2.55. The van der Waals surface area contributed by atoms with E-state index < -0.39 is 0 Å². The van der Waals surface area contributed by atoms with Crippen molar-refractivity contribution < 1.29 is 14.4 Å². The zero-order valence-corrected chi connectivity index (χ0v) is 17.8. The summed E-state index contributed by atoms with van der Waals surface area (Å²) in [5.41, 5.74) is 0.996. The molecule has 0 radical (unpaired) electrons. The van der Waals surface area contributed by atoms with E-state index in [1.807, 2.05) is 6.92 Å². The van der Waals surface area contributed by atoms with Gasteiger partial charge in [-0.3, -0.25) is 24.4 Å². The molecule has 0 aromatic carbocycles. The Labute approximate surface area is 181 Å². The standard InChI is InChI=1S/C22H28N6O3/c1-13-17-14-11-15(20(17)31-25-13)19-18(14)21(29)28(22(19)30)6-2-5-26-7-9-27(10-8-26)16-12-23-3-4-24-16/h3-4,12,14-15,17-20H,2,5-11H2,1H3. The monoisotopic (exact) mass is 424 g/mol. The summed E-state index contributed by atoms with van der Waals surface area (Å²) in [6.45, 7) is 7.14. The molecule has 6 atom stereocenters. The maximum atomic E-state index is 13.2. The summed E-state index contributed by atoms with van der Waals surface area (Å²) in [6.07, 6.45) is 6.97. The van der Waals surface area contributed by atoms with E-state index in [-0.39, 0.29) is 47.5 Å². The van der Waals surface area contributed by atoms with Crippen LogP contribution in [-0.2, 0) is 14.4 Å². The van der Waals surface area contributed by atoms with Crippen LogP contribution in [-0.4, -0.2) is 82.7 Å². The van der Waals surface area contributed by atoms with Crippen molar-refractivity contribution in [3.05, 3.63) is 18.6 Å². The second-order valence-corrected chi connectivity index (χ2v) is 9.52. The summed E-state index contributed by atoms with van der Waals surface area (Å²) >= 11 is 0. The van der Waals surface area contributed by atoms with E-state index in [1.54, 1.807) is 23.5 Å². The molecule has 4 fully saturated rings. The molecule has 164 valence electrons. The number of imide groups is 1. The zero-order chi connectivity index (χ0) is 21.1. The summed E-state index contributed by atoms with van der Waals surface area (Å²) in [4.78, 5) is 46.6. The average molecular weight is 425 g/mol. The van der Waals surface area contributed by atoms with E-state index in [4.69, 9.17) is 4.84 Å². The predicted molar refractivity (Wildman–Crippen MR) is 112 cm³/mol. The van der Waals surface area contributed by atoms with Gasteiger partial charge in [0.15, 0.2) is 0 Å². The van der Waals surface area contributed by atoms with Gasteiger partial charge in [-0.25, -0.2) is 4.98 Å². The molecular formula is C22H28N6O3. The van der Waals surface area contributed by atoms with E-state index in [1.165, 1.54) is 0 Å². The Kier molecular flexibility index (Phi) is 4.48. The Morgan fingerprint density at radius 1 is 1.00 bits per heavy atom. The van der Waals surface area contributed by atoms with Gasteiger partial charge in [-0.05, 0) is 32.2 Å². The van der Waals surface area contributed by atoms with Gasteiger partial charge in [0, 0.05) is 57.0 Å². The van der Waals surface area contributed by atoms with Crippen LogP contribution >= 0.6 is 0 Å². The number of hydrogen-bond acceptors (Lipinski definition) is 8. The predicted octanol–water partition coefficient (Wildman–Crippen LogP) is 0.631. The average Bonchev–Trinajstić information content (AvgIpc) is 3.53. The van der Waals surface area contributed by atoms with Crippen molar-refractivity contribution in [2.45, 2.75) is 25.9 Å². The van der Waals surface area contributed by atoms with Crippen LogP contribution in [0.1, 0.15) is 19.8 Å². The third kappa shape index (κ3) is 2.89.